The zero-order valence-electron chi connectivity index (χ0n) is 7.92. The molecule has 0 bridgehead atoms. The van der Waals surface area contributed by atoms with Gasteiger partial charge in [-0.15, -0.1) is 0 Å². The Kier molecular flexibility index (Phi) is 2.87. The van der Waals surface area contributed by atoms with Gasteiger partial charge in [-0.05, 0) is 0 Å². The van der Waals surface area contributed by atoms with Crippen molar-refractivity contribution in [2.24, 2.45) is 0 Å². The van der Waals surface area contributed by atoms with Crippen molar-refractivity contribution in [1.82, 2.24) is 0 Å². The maximum atomic E-state index is 2.33. The van der Waals surface area contributed by atoms with Gasteiger partial charge < -0.3 is 0 Å². The Morgan fingerprint density at radius 2 is 2.15 bits per heavy atom. The van der Waals surface area contributed by atoms with Crippen molar-refractivity contribution in [2.75, 3.05) is 0 Å². The number of aryl methyl sites for hydroxylation is 1. The van der Waals surface area contributed by atoms with E-state index in [1.807, 2.05) is 0 Å². The van der Waals surface area contributed by atoms with Crippen LogP contribution in [0.15, 0.2) is 29.2 Å². The number of fused-ring (bicyclic) bond motifs is 1. The molecular weight excluding hydrogens is 223 g/mol. The van der Waals surface area contributed by atoms with Gasteiger partial charge in [-0.3, -0.25) is 0 Å². The van der Waals surface area contributed by atoms with E-state index in [2.05, 4.69) is 36.1 Å². The molecule has 1 heteroatoms. The van der Waals surface area contributed by atoms with Crippen molar-refractivity contribution >= 4 is 24.1 Å². The molecule has 13 heavy (non-hydrogen) atoms. The fourth-order valence-electron chi connectivity index (χ4n) is 1.64. The number of unbranched alkanes of at least 4 members (excludes halogenated alkanes) is 1. The van der Waals surface area contributed by atoms with Crippen LogP contribution >= 0.6 is 0 Å². The van der Waals surface area contributed by atoms with Crippen LogP contribution in [0.3, 0.4) is 0 Å². The summed E-state index contributed by atoms with van der Waals surface area (Å²) in [7, 11) is 0. The first-order valence-electron chi connectivity index (χ1n) is 4.87. The van der Waals surface area contributed by atoms with Crippen LogP contribution in [0.1, 0.15) is 25.3 Å². The zero-order valence-corrected chi connectivity index (χ0v) is 9.63. The van der Waals surface area contributed by atoms with Gasteiger partial charge >= 0.3 is 85.1 Å². The van der Waals surface area contributed by atoms with E-state index in [1.165, 1.54) is 24.6 Å². The van der Waals surface area contributed by atoms with Gasteiger partial charge in [-0.1, -0.05) is 0 Å². The topological polar surface area (TPSA) is 0 Å². The molecule has 0 nitrogen and oxygen atoms in total. The van der Waals surface area contributed by atoms with Gasteiger partial charge in [0.15, 0.2) is 0 Å². The molecule has 0 saturated heterocycles. The zero-order chi connectivity index (χ0) is 9.10. The molecular formula is C12H14Se. The molecule has 1 aromatic heterocycles. The predicted octanol–water partition coefficient (Wildman–Crippen LogP) is 3.24. The molecule has 0 spiro atoms. The molecule has 2 aromatic rings. The fourth-order valence-corrected chi connectivity index (χ4v) is 3.39. The minimum atomic E-state index is 0.609. The van der Waals surface area contributed by atoms with E-state index in [1.54, 1.807) is 9.82 Å². The molecule has 0 saturated carbocycles. The molecule has 68 valence electrons. The molecule has 0 fully saturated rings. The number of hydrogen-bond donors (Lipinski definition) is 0. The number of benzene rings is 1. The van der Waals surface area contributed by atoms with Crippen molar-refractivity contribution in [3.63, 3.8) is 0 Å². The van der Waals surface area contributed by atoms with Crippen molar-refractivity contribution in [1.29, 1.82) is 0 Å². The van der Waals surface area contributed by atoms with Crippen molar-refractivity contribution in [3.8, 4) is 0 Å². The normalized spacial score (nSPS) is 10.8. The van der Waals surface area contributed by atoms with Crippen LogP contribution in [0.4, 0.5) is 0 Å². The van der Waals surface area contributed by atoms with Crippen LogP contribution in [-0.4, -0.2) is 14.5 Å². The van der Waals surface area contributed by atoms with Crippen LogP contribution in [0.25, 0.3) is 9.65 Å². The van der Waals surface area contributed by atoms with Crippen LogP contribution < -0.4 is 0 Å². The average Bonchev–Trinajstić information content (AvgIpc) is 2.62. The first-order valence-corrected chi connectivity index (χ1v) is 6.71. The van der Waals surface area contributed by atoms with Crippen LogP contribution in [-0.2, 0) is 6.42 Å². The molecule has 0 radical (unpaired) electrons. The number of hydrogen-bond acceptors (Lipinski definition) is 0. The van der Waals surface area contributed by atoms with Gasteiger partial charge in [0.25, 0.3) is 0 Å². The summed E-state index contributed by atoms with van der Waals surface area (Å²) in [4.78, 5) is 2.33. The first-order chi connectivity index (χ1) is 6.42. The van der Waals surface area contributed by atoms with Crippen molar-refractivity contribution < 1.29 is 0 Å². The summed E-state index contributed by atoms with van der Waals surface area (Å²) < 4.78 is 1.57. The standard InChI is InChI=1S/C12H14Se/c1-2-3-5-10-6-4-7-12-11(10)8-9-13-12/h4,6-9H,2-3,5H2,1H3. The third-order valence-electron chi connectivity index (χ3n) is 2.39. The van der Waals surface area contributed by atoms with Crippen LogP contribution in [0.2, 0.25) is 0 Å². The quantitative estimate of drug-likeness (QED) is 0.719. The van der Waals surface area contributed by atoms with E-state index in [4.69, 9.17) is 0 Å². The number of rotatable bonds is 3. The summed E-state index contributed by atoms with van der Waals surface area (Å²) in [6.45, 7) is 2.25. The third-order valence-corrected chi connectivity index (χ3v) is 4.24. The van der Waals surface area contributed by atoms with E-state index >= 15 is 0 Å². The monoisotopic (exact) mass is 238 g/mol. The summed E-state index contributed by atoms with van der Waals surface area (Å²) >= 11 is 0.609. The van der Waals surface area contributed by atoms with E-state index in [-0.39, 0.29) is 0 Å². The van der Waals surface area contributed by atoms with E-state index in [0.29, 0.717) is 14.5 Å². The van der Waals surface area contributed by atoms with Crippen molar-refractivity contribution in [2.45, 2.75) is 26.2 Å². The Balaban J connectivity index is 2.37. The predicted molar refractivity (Wildman–Crippen MR) is 59.5 cm³/mol. The van der Waals surface area contributed by atoms with Gasteiger partial charge in [0.2, 0.25) is 0 Å². The average molecular weight is 237 g/mol. The molecule has 1 heterocycles. The second-order valence-electron chi connectivity index (χ2n) is 3.35. The van der Waals surface area contributed by atoms with E-state index in [9.17, 15) is 0 Å². The molecule has 0 N–H and O–H groups in total. The Labute approximate surface area is 85.3 Å². The van der Waals surface area contributed by atoms with Gasteiger partial charge in [0.1, 0.15) is 0 Å². The summed E-state index contributed by atoms with van der Waals surface area (Å²) in [5.41, 5.74) is 1.55. The Hall–Kier alpha value is -0.521. The SMILES string of the molecule is CCCCc1cccc2[se]ccc12. The fraction of sp³-hybridized carbons (Fsp3) is 0.333. The molecule has 1 aromatic carbocycles. The second-order valence-corrected chi connectivity index (χ2v) is 5.34. The summed E-state index contributed by atoms with van der Waals surface area (Å²) in [6, 6.07) is 9.06. The van der Waals surface area contributed by atoms with Gasteiger partial charge in [-0.2, -0.15) is 0 Å². The van der Waals surface area contributed by atoms with Crippen LogP contribution in [0.5, 0.6) is 0 Å². The van der Waals surface area contributed by atoms with Crippen LogP contribution in [0, 0.1) is 0 Å². The van der Waals surface area contributed by atoms with Crippen molar-refractivity contribution in [3.05, 3.63) is 34.8 Å². The molecule has 0 aliphatic carbocycles. The maximum absolute atomic E-state index is 2.33. The first kappa shape index (κ1) is 9.05. The third kappa shape index (κ3) is 1.87. The Morgan fingerprint density at radius 3 is 3.00 bits per heavy atom. The summed E-state index contributed by atoms with van der Waals surface area (Å²) in [5.74, 6) is 0. The second kappa shape index (κ2) is 4.13. The van der Waals surface area contributed by atoms with E-state index < -0.39 is 0 Å². The van der Waals surface area contributed by atoms with Gasteiger partial charge in [-0.25, -0.2) is 0 Å². The van der Waals surface area contributed by atoms with E-state index in [0.717, 1.165) is 0 Å². The summed E-state index contributed by atoms with van der Waals surface area (Å²) in [5, 5.41) is 1.52. The Morgan fingerprint density at radius 1 is 1.23 bits per heavy atom. The molecule has 0 atom stereocenters. The summed E-state index contributed by atoms with van der Waals surface area (Å²) in [6.07, 6.45) is 3.86. The molecule has 2 rings (SSSR count). The molecule has 0 aliphatic heterocycles. The Bertz CT molecular complexity index is 387. The molecule has 0 unspecified atom stereocenters. The molecule has 0 aliphatic rings. The van der Waals surface area contributed by atoms with Gasteiger partial charge in [0, 0.05) is 0 Å². The minimum absolute atomic E-state index is 0.609. The van der Waals surface area contributed by atoms with Gasteiger partial charge in [0.05, 0.1) is 0 Å². The molecule has 0 amide bonds.